The maximum absolute atomic E-state index is 6.26. The highest BCUT2D eigenvalue weighted by Gasteiger charge is 2.38. The molecule has 120 valence electrons. The van der Waals surface area contributed by atoms with Crippen LogP contribution in [0.3, 0.4) is 0 Å². The molecule has 0 aromatic carbocycles. The van der Waals surface area contributed by atoms with E-state index in [4.69, 9.17) is 5.73 Å². The fourth-order valence-corrected chi connectivity index (χ4v) is 4.37. The van der Waals surface area contributed by atoms with Gasteiger partial charge in [0.2, 0.25) is 0 Å². The molecule has 2 rings (SSSR count). The van der Waals surface area contributed by atoms with Crippen LogP contribution in [0.4, 0.5) is 0 Å². The van der Waals surface area contributed by atoms with Crippen LogP contribution in [-0.2, 0) is 0 Å². The highest BCUT2D eigenvalue weighted by atomic mass is 32.1. The minimum absolute atomic E-state index is 0.146. The van der Waals surface area contributed by atoms with Crippen molar-refractivity contribution in [3.05, 3.63) is 22.4 Å². The average molecular weight is 310 g/mol. The van der Waals surface area contributed by atoms with Crippen molar-refractivity contribution in [1.82, 2.24) is 9.80 Å². The molecular formula is C17H31N3S. The van der Waals surface area contributed by atoms with Crippen molar-refractivity contribution < 1.29 is 0 Å². The van der Waals surface area contributed by atoms with Crippen LogP contribution >= 0.6 is 11.3 Å². The number of likely N-dealkylation sites (N-methyl/N-ethyl adjacent to an activating group) is 1. The molecule has 0 radical (unpaired) electrons. The molecule has 2 atom stereocenters. The molecule has 1 aromatic heterocycles. The Morgan fingerprint density at radius 3 is 2.67 bits per heavy atom. The van der Waals surface area contributed by atoms with Gasteiger partial charge in [-0.05, 0) is 65.1 Å². The maximum atomic E-state index is 6.26. The van der Waals surface area contributed by atoms with Crippen molar-refractivity contribution in [2.24, 2.45) is 5.73 Å². The number of hydrogen-bond donors (Lipinski definition) is 1. The van der Waals surface area contributed by atoms with E-state index in [-0.39, 0.29) is 5.54 Å². The lowest BCUT2D eigenvalue weighted by Crippen LogP contribution is -2.53. The largest absolute Gasteiger partial charge is 0.329 e. The Balaban J connectivity index is 2.13. The monoisotopic (exact) mass is 309 g/mol. The van der Waals surface area contributed by atoms with Crippen molar-refractivity contribution >= 4 is 11.3 Å². The highest BCUT2D eigenvalue weighted by molar-refractivity contribution is 7.10. The van der Waals surface area contributed by atoms with Gasteiger partial charge in [0.15, 0.2) is 0 Å². The molecule has 2 N–H and O–H groups in total. The summed E-state index contributed by atoms with van der Waals surface area (Å²) in [4.78, 5) is 6.58. The summed E-state index contributed by atoms with van der Waals surface area (Å²) in [5.41, 5.74) is 6.41. The first-order chi connectivity index (χ1) is 10.00. The van der Waals surface area contributed by atoms with Crippen LogP contribution in [0.5, 0.6) is 0 Å². The van der Waals surface area contributed by atoms with Gasteiger partial charge >= 0.3 is 0 Å². The number of rotatable bonds is 5. The van der Waals surface area contributed by atoms with Crippen molar-refractivity contribution in [1.29, 1.82) is 0 Å². The Hall–Kier alpha value is -0.420. The molecule has 3 nitrogen and oxygen atoms in total. The van der Waals surface area contributed by atoms with E-state index in [1.54, 1.807) is 0 Å². The number of thiophene rings is 1. The fourth-order valence-electron chi connectivity index (χ4n) is 3.55. The second-order valence-electron chi connectivity index (χ2n) is 6.71. The third kappa shape index (κ3) is 3.67. The van der Waals surface area contributed by atoms with Gasteiger partial charge < -0.3 is 10.6 Å². The Morgan fingerprint density at radius 2 is 2.10 bits per heavy atom. The van der Waals surface area contributed by atoms with Gasteiger partial charge in [-0.15, -0.1) is 11.3 Å². The quantitative estimate of drug-likeness (QED) is 0.905. The van der Waals surface area contributed by atoms with E-state index in [9.17, 15) is 0 Å². The molecule has 1 aliphatic rings. The lowest BCUT2D eigenvalue weighted by molar-refractivity contribution is 0.0693. The lowest BCUT2D eigenvalue weighted by Gasteiger charge is -2.44. The van der Waals surface area contributed by atoms with Crippen molar-refractivity contribution in [2.75, 3.05) is 26.7 Å². The van der Waals surface area contributed by atoms with E-state index in [0.717, 1.165) is 13.1 Å². The zero-order valence-corrected chi connectivity index (χ0v) is 14.8. The van der Waals surface area contributed by atoms with Crippen molar-refractivity contribution in [3.63, 3.8) is 0 Å². The predicted octanol–water partition coefficient (Wildman–Crippen LogP) is 3.33. The first kappa shape index (κ1) is 16.9. The normalized spacial score (nSPS) is 26.2. The topological polar surface area (TPSA) is 32.5 Å². The molecule has 1 aromatic rings. The molecule has 1 fully saturated rings. The van der Waals surface area contributed by atoms with E-state index in [1.165, 1.54) is 30.7 Å². The fraction of sp³-hybridized carbons (Fsp3) is 0.765. The Bertz CT molecular complexity index is 418. The van der Waals surface area contributed by atoms with E-state index in [0.29, 0.717) is 12.1 Å². The molecule has 0 bridgehead atoms. The molecular weight excluding hydrogens is 278 g/mol. The van der Waals surface area contributed by atoms with E-state index in [1.807, 2.05) is 11.3 Å². The molecule has 1 aliphatic heterocycles. The van der Waals surface area contributed by atoms with Crippen LogP contribution in [0.1, 0.15) is 51.0 Å². The van der Waals surface area contributed by atoms with E-state index < -0.39 is 0 Å². The Kier molecular flexibility index (Phi) is 5.83. The van der Waals surface area contributed by atoms with Crippen molar-refractivity contribution in [2.45, 2.75) is 57.7 Å². The van der Waals surface area contributed by atoms with Crippen LogP contribution in [0, 0.1) is 0 Å². The number of likely N-dealkylation sites (tertiary alicyclic amines) is 1. The predicted molar refractivity (Wildman–Crippen MR) is 92.8 cm³/mol. The summed E-state index contributed by atoms with van der Waals surface area (Å²) < 4.78 is 0. The Morgan fingerprint density at radius 1 is 1.33 bits per heavy atom. The SMILES string of the molecule is CC(C)N1CCCC(CN)(N(C)C(C)c2cccs2)CC1. The third-order valence-electron chi connectivity index (χ3n) is 5.35. The number of hydrogen-bond acceptors (Lipinski definition) is 4. The smallest absolute Gasteiger partial charge is 0.0416 e. The summed E-state index contributed by atoms with van der Waals surface area (Å²) in [6.45, 7) is 10.0. The average Bonchev–Trinajstić information content (AvgIpc) is 2.91. The number of nitrogens with zero attached hydrogens (tertiary/aromatic N) is 2. The van der Waals surface area contributed by atoms with Crippen LogP contribution in [0.15, 0.2) is 17.5 Å². The third-order valence-corrected chi connectivity index (χ3v) is 6.39. The van der Waals surface area contributed by atoms with Gasteiger partial charge in [0.25, 0.3) is 0 Å². The number of nitrogens with two attached hydrogens (primary N) is 1. The molecule has 0 saturated carbocycles. The minimum Gasteiger partial charge on any atom is -0.329 e. The van der Waals surface area contributed by atoms with E-state index in [2.05, 4.69) is 55.1 Å². The second-order valence-corrected chi connectivity index (χ2v) is 7.69. The van der Waals surface area contributed by atoms with Gasteiger partial charge in [0, 0.05) is 35.6 Å². The summed E-state index contributed by atoms with van der Waals surface area (Å²) in [6, 6.07) is 5.47. The molecule has 0 aliphatic carbocycles. The summed E-state index contributed by atoms with van der Waals surface area (Å²) in [7, 11) is 2.27. The molecule has 2 unspecified atom stereocenters. The molecule has 1 saturated heterocycles. The lowest BCUT2D eigenvalue weighted by atomic mass is 9.87. The van der Waals surface area contributed by atoms with Gasteiger partial charge in [0.05, 0.1) is 0 Å². The Labute approximate surface area is 134 Å². The second kappa shape index (κ2) is 7.23. The van der Waals surface area contributed by atoms with Crippen LogP contribution in [-0.4, -0.2) is 48.1 Å². The first-order valence-corrected chi connectivity index (χ1v) is 9.08. The zero-order valence-electron chi connectivity index (χ0n) is 14.0. The molecule has 0 amide bonds. The van der Waals surface area contributed by atoms with Gasteiger partial charge in [-0.1, -0.05) is 6.07 Å². The summed E-state index contributed by atoms with van der Waals surface area (Å²) in [5, 5.41) is 2.17. The summed E-state index contributed by atoms with van der Waals surface area (Å²) >= 11 is 1.85. The van der Waals surface area contributed by atoms with Gasteiger partial charge in [-0.3, -0.25) is 4.90 Å². The molecule has 0 spiro atoms. The van der Waals surface area contributed by atoms with E-state index >= 15 is 0 Å². The molecule has 21 heavy (non-hydrogen) atoms. The summed E-state index contributed by atoms with van der Waals surface area (Å²) in [6.07, 6.45) is 3.63. The highest BCUT2D eigenvalue weighted by Crippen LogP contribution is 2.35. The van der Waals surface area contributed by atoms with Gasteiger partial charge in [-0.2, -0.15) is 0 Å². The summed E-state index contributed by atoms with van der Waals surface area (Å²) in [5.74, 6) is 0. The first-order valence-electron chi connectivity index (χ1n) is 8.20. The minimum atomic E-state index is 0.146. The van der Waals surface area contributed by atoms with Crippen LogP contribution < -0.4 is 5.73 Å². The van der Waals surface area contributed by atoms with Crippen molar-refractivity contribution in [3.8, 4) is 0 Å². The van der Waals surface area contributed by atoms with Crippen LogP contribution in [0.2, 0.25) is 0 Å². The van der Waals surface area contributed by atoms with Gasteiger partial charge in [0.1, 0.15) is 0 Å². The van der Waals surface area contributed by atoms with Crippen LogP contribution in [0.25, 0.3) is 0 Å². The molecule has 2 heterocycles. The molecule has 4 heteroatoms. The standard InChI is InChI=1S/C17H31N3S/c1-14(2)20-10-6-8-17(13-18,9-11-20)19(4)15(3)16-7-5-12-21-16/h5,7,12,14-15H,6,8-11,13,18H2,1-4H3. The zero-order chi connectivity index (χ0) is 15.5. The maximum Gasteiger partial charge on any atom is 0.0416 e. The van der Waals surface area contributed by atoms with Gasteiger partial charge in [-0.25, -0.2) is 0 Å².